The van der Waals surface area contributed by atoms with Crippen molar-refractivity contribution < 1.29 is 18.7 Å². The van der Waals surface area contributed by atoms with Crippen LogP contribution in [0.15, 0.2) is 48.5 Å². The first kappa shape index (κ1) is 17.3. The topological polar surface area (TPSA) is 38.8 Å². The summed E-state index contributed by atoms with van der Waals surface area (Å²) in [5, 5.41) is 0. The molecule has 1 heterocycles. The maximum absolute atomic E-state index is 13.6. The average Bonchev–Trinajstić information content (AvgIpc) is 3.02. The molecule has 0 radical (unpaired) electrons. The molecule has 4 nitrogen and oxygen atoms in total. The monoisotopic (exact) mass is 343 g/mol. The second kappa shape index (κ2) is 7.55. The van der Waals surface area contributed by atoms with Gasteiger partial charge in [0.25, 0.3) is 0 Å². The van der Waals surface area contributed by atoms with Crippen molar-refractivity contribution in [1.82, 2.24) is 4.90 Å². The average molecular weight is 343 g/mol. The second-order valence-corrected chi connectivity index (χ2v) is 6.27. The summed E-state index contributed by atoms with van der Waals surface area (Å²) in [5.74, 6) is 0.399. The molecule has 1 unspecified atom stereocenters. The highest BCUT2D eigenvalue weighted by atomic mass is 19.1. The quantitative estimate of drug-likeness (QED) is 0.808. The highest BCUT2D eigenvalue weighted by Gasteiger charge is 2.35. The number of carbonyl (C=O) groups is 1. The van der Waals surface area contributed by atoms with Gasteiger partial charge in [0, 0.05) is 11.6 Å². The Morgan fingerprint density at radius 3 is 2.56 bits per heavy atom. The fourth-order valence-electron chi connectivity index (χ4n) is 3.29. The molecule has 0 aliphatic carbocycles. The predicted octanol–water partition coefficient (Wildman–Crippen LogP) is 4.70. The molecule has 0 aromatic heterocycles. The summed E-state index contributed by atoms with van der Waals surface area (Å²) in [6, 6.07) is 14.4. The number of carbonyl (C=O) groups excluding carboxylic acids is 1. The number of halogens is 1. The maximum Gasteiger partial charge on any atom is 0.410 e. The third kappa shape index (κ3) is 3.76. The summed E-state index contributed by atoms with van der Waals surface area (Å²) in [4.78, 5) is 13.8. The Labute approximate surface area is 147 Å². The van der Waals surface area contributed by atoms with E-state index < -0.39 is 0 Å². The van der Waals surface area contributed by atoms with Crippen LogP contribution in [-0.2, 0) is 11.3 Å². The van der Waals surface area contributed by atoms with Gasteiger partial charge in [-0.05, 0) is 43.5 Å². The Balaban J connectivity index is 1.68. The van der Waals surface area contributed by atoms with Crippen molar-refractivity contribution in [2.45, 2.75) is 38.5 Å². The molecule has 1 saturated heterocycles. The van der Waals surface area contributed by atoms with Crippen LogP contribution in [0.25, 0.3) is 0 Å². The normalized spacial score (nSPS) is 19.7. The number of rotatable bonds is 4. The smallest absolute Gasteiger partial charge is 0.410 e. The summed E-state index contributed by atoms with van der Waals surface area (Å²) in [6.07, 6.45) is 1.56. The highest BCUT2D eigenvalue weighted by Crippen LogP contribution is 2.37. The van der Waals surface area contributed by atoms with Crippen LogP contribution in [0.1, 0.15) is 36.9 Å². The fraction of sp³-hybridized carbons (Fsp3) is 0.350. The molecule has 0 spiro atoms. The van der Waals surface area contributed by atoms with Crippen molar-refractivity contribution in [2.24, 2.45) is 0 Å². The van der Waals surface area contributed by atoms with Gasteiger partial charge in [0.2, 0.25) is 0 Å². The zero-order valence-electron chi connectivity index (χ0n) is 14.4. The number of methoxy groups -OCH3 is 1. The van der Waals surface area contributed by atoms with Gasteiger partial charge in [-0.15, -0.1) is 0 Å². The number of likely N-dealkylation sites (tertiary alicyclic amines) is 1. The van der Waals surface area contributed by atoms with Crippen LogP contribution in [0.3, 0.4) is 0 Å². The Kier molecular flexibility index (Phi) is 5.22. The zero-order chi connectivity index (χ0) is 17.8. The van der Waals surface area contributed by atoms with Crippen LogP contribution in [-0.4, -0.2) is 24.1 Å². The first-order valence-corrected chi connectivity index (χ1v) is 8.42. The maximum atomic E-state index is 13.6. The summed E-state index contributed by atoms with van der Waals surface area (Å²) in [5.41, 5.74) is 1.57. The van der Waals surface area contributed by atoms with E-state index in [0.29, 0.717) is 11.3 Å². The van der Waals surface area contributed by atoms with Gasteiger partial charge < -0.3 is 9.47 Å². The van der Waals surface area contributed by atoms with Crippen molar-refractivity contribution in [3.05, 3.63) is 65.5 Å². The van der Waals surface area contributed by atoms with Crippen molar-refractivity contribution >= 4 is 6.09 Å². The van der Waals surface area contributed by atoms with Gasteiger partial charge in [-0.1, -0.05) is 30.3 Å². The van der Waals surface area contributed by atoms with Gasteiger partial charge in [-0.3, -0.25) is 4.90 Å². The van der Waals surface area contributed by atoms with E-state index >= 15 is 0 Å². The molecule has 1 aliphatic heterocycles. The number of benzene rings is 2. The van der Waals surface area contributed by atoms with Crippen molar-refractivity contribution in [1.29, 1.82) is 0 Å². The highest BCUT2D eigenvalue weighted by molar-refractivity contribution is 5.69. The lowest BCUT2D eigenvalue weighted by Gasteiger charge is -2.27. The molecule has 25 heavy (non-hydrogen) atoms. The minimum atomic E-state index is -0.296. The third-order valence-corrected chi connectivity index (χ3v) is 4.67. The number of hydrogen-bond donors (Lipinski definition) is 0. The number of amides is 1. The van der Waals surface area contributed by atoms with Crippen LogP contribution in [0.5, 0.6) is 5.75 Å². The lowest BCUT2D eigenvalue weighted by atomic mass is 10.0. The minimum Gasteiger partial charge on any atom is -0.489 e. The van der Waals surface area contributed by atoms with E-state index in [1.807, 2.05) is 31.2 Å². The van der Waals surface area contributed by atoms with E-state index in [1.54, 1.807) is 23.1 Å². The van der Waals surface area contributed by atoms with Crippen molar-refractivity contribution in [3.8, 4) is 5.75 Å². The molecule has 0 saturated carbocycles. The molecular formula is C20H22FNO3. The van der Waals surface area contributed by atoms with Crippen LogP contribution in [0.4, 0.5) is 9.18 Å². The summed E-state index contributed by atoms with van der Waals surface area (Å²) < 4.78 is 24.2. The summed E-state index contributed by atoms with van der Waals surface area (Å²) in [7, 11) is 1.41. The van der Waals surface area contributed by atoms with E-state index in [1.165, 1.54) is 13.2 Å². The van der Waals surface area contributed by atoms with Gasteiger partial charge >= 0.3 is 6.09 Å². The van der Waals surface area contributed by atoms with Gasteiger partial charge in [-0.2, -0.15) is 0 Å². The van der Waals surface area contributed by atoms with Crippen LogP contribution < -0.4 is 4.74 Å². The standard InChI is InChI=1S/C20H22FNO3/c1-14-7-12-19(22(14)20(23)24-2)15-8-10-17(11-9-15)25-13-16-5-3-4-6-18(16)21/h3-6,8-11,14,19H,7,12-13H2,1-2H3/t14?,19-/m1/s1. The molecule has 1 aliphatic rings. The first-order valence-electron chi connectivity index (χ1n) is 8.42. The van der Waals surface area contributed by atoms with Gasteiger partial charge in [0.1, 0.15) is 18.2 Å². The molecule has 5 heteroatoms. The molecule has 3 rings (SSSR count). The minimum absolute atomic E-state index is 0.0167. The molecule has 0 N–H and O–H groups in total. The lowest BCUT2D eigenvalue weighted by molar-refractivity contribution is 0.105. The summed E-state index contributed by atoms with van der Waals surface area (Å²) >= 11 is 0. The molecular weight excluding hydrogens is 321 g/mol. The van der Waals surface area contributed by atoms with Crippen LogP contribution >= 0.6 is 0 Å². The molecule has 1 fully saturated rings. The van der Waals surface area contributed by atoms with E-state index in [0.717, 1.165) is 18.4 Å². The SMILES string of the molecule is COC(=O)N1C(C)CC[C@@H]1c1ccc(OCc2ccccc2F)cc1. The molecule has 2 atom stereocenters. The Bertz CT molecular complexity index is 732. The molecule has 0 bridgehead atoms. The summed E-state index contributed by atoms with van der Waals surface area (Å²) in [6.45, 7) is 2.21. The third-order valence-electron chi connectivity index (χ3n) is 4.67. The van der Waals surface area contributed by atoms with E-state index in [2.05, 4.69) is 0 Å². The van der Waals surface area contributed by atoms with Crippen molar-refractivity contribution in [2.75, 3.05) is 7.11 Å². The largest absolute Gasteiger partial charge is 0.489 e. The van der Waals surface area contributed by atoms with Gasteiger partial charge in [0.15, 0.2) is 0 Å². The number of hydrogen-bond acceptors (Lipinski definition) is 3. The molecule has 1 amide bonds. The first-order chi connectivity index (χ1) is 12.1. The van der Waals surface area contributed by atoms with Crippen molar-refractivity contribution in [3.63, 3.8) is 0 Å². The van der Waals surface area contributed by atoms with Gasteiger partial charge in [-0.25, -0.2) is 9.18 Å². The Morgan fingerprint density at radius 1 is 1.16 bits per heavy atom. The lowest BCUT2D eigenvalue weighted by Crippen LogP contribution is -2.35. The Hall–Kier alpha value is -2.56. The zero-order valence-corrected chi connectivity index (χ0v) is 14.4. The number of nitrogens with zero attached hydrogens (tertiary/aromatic N) is 1. The fourth-order valence-corrected chi connectivity index (χ4v) is 3.29. The Morgan fingerprint density at radius 2 is 1.88 bits per heavy atom. The van der Waals surface area contributed by atoms with E-state index in [-0.39, 0.29) is 30.6 Å². The second-order valence-electron chi connectivity index (χ2n) is 6.27. The molecule has 2 aromatic rings. The van der Waals surface area contributed by atoms with E-state index in [9.17, 15) is 9.18 Å². The van der Waals surface area contributed by atoms with Crippen LogP contribution in [0, 0.1) is 5.82 Å². The number of ether oxygens (including phenoxy) is 2. The van der Waals surface area contributed by atoms with E-state index in [4.69, 9.17) is 9.47 Å². The van der Waals surface area contributed by atoms with Crippen LogP contribution in [0.2, 0.25) is 0 Å². The molecule has 2 aromatic carbocycles. The van der Waals surface area contributed by atoms with Gasteiger partial charge in [0.05, 0.1) is 13.2 Å². The predicted molar refractivity (Wildman–Crippen MR) is 92.9 cm³/mol. The molecule has 132 valence electrons.